The van der Waals surface area contributed by atoms with E-state index in [4.69, 9.17) is 4.42 Å². The van der Waals surface area contributed by atoms with E-state index in [1.165, 1.54) is 12.8 Å². The van der Waals surface area contributed by atoms with Gasteiger partial charge >= 0.3 is 0 Å². The second-order valence-electron chi connectivity index (χ2n) is 6.02. The third-order valence-corrected chi connectivity index (χ3v) is 4.57. The Hall–Kier alpha value is -1.78. The standard InChI is InChI=1S/C16H22N2O3/c19-15-8-7-12(10-17-15)16(20)18(13-4-1-2-5-13)11-14-6-3-9-21-14/h3,6,9,12-13H,1-2,4-5,7-8,10-11H2,(H,17,19). The maximum atomic E-state index is 12.9. The molecule has 21 heavy (non-hydrogen) atoms. The summed E-state index contributed by atoms with van der Waals surface area (Å²) in [5.41, 5.74) is 0. The quantitative estimate of drug-likeness (QED) is 0.923. The van der Waals surface area contributed by atoms with E-state index in [9.17, 15) is 9.59 Å². The van der Waals surface area contributed by atoms with Crippen molar-refractivity contribution in [3.05, 3.63) is 24.2 Å². The highest BCUT2D eigenvalue weighted by Crippen LogP contribution is 2.27. The van der Waals surface area contributed by atoms with Crippen LogP contribution < -0.4 is 5.32 Å². The van der Waals surface area contributed by atoms with E-state index in [-0.39, 0.29) is 17.7 Å². The molecular weight excluding hydrogens is 268 g/mol. The van der Waals surface area contributed by atoms with Crippen LogP contribution in [0, 0.1) is 5.92 Å². The van der Waals surface area contributed by atoms with Crippen molar-refractivity contribution in [2.24, 2.45) is 5.92 Å². The van der Waals surface area contributed by atoms with Crippen LogP contribution in [0.1, 0.15) is 44.3 Å². The monoisotopic (exact) mass is 290 g/mol. The number of carbonyl (C=O) groups is 2. The van der Waals surface area contributed by atoms with Crippen molar-refractivity contribution < 1.29 is 14.0 Å². The molecule has 0 radical (unpaired) electrons. The predicted molar refractivity (Wildman–Crippen MR) is 77.2 cm³/mol. The topological polar surface area (TPSA) is 62.6 Å². The first-order chi connectivity index (χ1) is 10.2. The first-order valence-electron chi connectivity index (χ1n) is 7.83. The number of furan rings is 1. The molecule has 1 aromatic heterocycles. The van der Waals surface area contributed by atoms with Crippen molar-refractivity contribution in [1.29, 1.82) is 0 Å². The van der Waals surface area contributed by atoms with E-state index in [0.29, 0.717) is 32.0 Å². The van der Waals surface area contributed by atoms with E-state index in [2.05, 4.69) is 5.32 Å². The summed E-state index contributed by atoms with van der Waals surface area (Å²) in [5.74, 6) is 0.962. The summed E-state index contributed by atoms with van der Waals surface area (Å²) in [6, 6.07) is 4.09. The minimum atomic E-state index is -0.0849. The van der Waals surface area contributed by atoms with Crippen LogP contribution in [-0.2, 0) is 16.1 Å². The third kappa shape index (κ3) is 3.28. The number of hydrogen-bond donors (Lipinski definition) is 1. The Morgan fingerprint density at radius 2 is 2.14 bits per heavy atom. The highest BCUT2D eigenvalue weighted by atomic mass is 16.3. The Kier molecular flexibility index (Phi) is 4.27. The highest BCUT2D eigenvalue weighted by molar-refractivity contribution is 5.84. The smallest absolute Gasteiger partial charge is 0.228 e. The molecule has 1 aliphatic carbocycles. The molecule has 5 heteroatoms. The average molecular weight is 290 g/mol. The molecule has 1 unspecified atom stereocenters. The molecular formula is C16H22N2O3. The maximum Gasteiger partial charge on any atom is 0.228 e. The fraction of sp³-hybridized carbons (Fsp3) is 0.625. The largest absolute Gasteiger partial charge is 0.467 e. The van der Waals surface area contributed by atoms with Gasteiger partial charge in [0.05, 0.1) is 18.7 Å². The predicted octanol–water partition coefficient (Wildman–Crippen LogP) is 2.08. The van der Waals surface area contributed by atoms with E-state index in [1.807, 2.05) is 17.0 Å². The van der Waals surface area contributed by atoms with E-state index >= 15 is 0 Å². The van der Waals surface area contributed by atoms with Gasteiger partial charge in [-0.1, -0.05) is 12.8 Å². The molecule has 0 bridgehead atoms. The molecule has 2 amide bonds. The Balaban J connectivity index is 1.70. The number of hydrogen-bond acceptors (Lipinski definition) is 3. The van der Waals surface area contributed by atoms with Gasteiger partial charge in [0.2, 0.25) is 11.8 Å². The van der Waals surface area contributed by atoms with E-state index < -0.39 is 0 Å². The van der Waals surface area contributed by atoms with Crippen LogP contribution in [0.25, 0.3) is 0 Å². The summed E-state index contributed by atoms with van der Waals surface area (Å²) in [6.45, 7) is 1.01. The van der Waals surface area contributed by atoms with E-state index in [0.717, 1.165) is 18.6 Å². The molecule has 2 heterocycles. The summed E-state index contributed by atoms with van der Waals surface area (Å²) < 4.78 is 5.41. The van der Waals surface area contributed by atoms with Crippen LogP contribution in [0.5, 0.6) is 0 Å². The van der Waals surface area contributed by atoms with Gasteiger partial charge in [0.25, 0.3) is 0 Å². The first kappa shape index (κ1) is 14.2. The minimum absolute atomic E-state index is 0.0532. The van der Waals surface area contributed by atoms with E-state index in [1.54, 1.807) is 6.26 Å². The van der Waals surface area contributed by atoms with Crippen molar-refractivity contribution in [2.75, 3.05) is 6.54 Å². The zero-order valence-corrected chi connectivity index (χ0v) is 12.2. The lowest BCUT2D eigenvalue weighted by molar-refractivity contribution is -0.140. The maximum absolute atomic E-state index is 12.9. The molecule has 114 valence electrons. The average Bonchev–Trinajstić information content (AvgIpc) is 3.18. The van der Waals surface area contributed by atoms with Crippen molar-refractivity contribution in [2.45, 2.75) is 51.1 Å². The summed E-state index contributed by atoms with van der Waals surface area (Å²) in [4.78, 5) is 26.1. The number of rotatable bonds is 4. The van der Waals surface area contributed by atoms with Crippen LogP contribution in [0.15, 0.2) is 22.8 Å². The van der Waals surface area contributed by atoms with Crippen LogP contribution >= 0.6 is 0 Å². The van der Waals surface area contributed by atoms with Gasteiger partial charge in [-0.2, -0.15) is 0 Å². The summed E-state index contributed by atoms with van der Waals surface area (Å²) in [6.07, 6.45) is 7.29. The van der Waals surface area contributed by atoms with Gasteiger partial charge in [0.15, 0.2) is 0 Å². The second-order valence-corrected chi connectivity index (χ2v) is 6.02. The van der Waals surface area contributed by atoms with Crippen LogP contribution in [-0.4, -0.2) is 29.3 Å². The molecule has 1 atom stereocenters. The minimum Gasteiger partial charge on any atom is -0.467 e. The first-order valence-corrected chi connectivity index (χ1v) is 7.83. The molecule has 0 aromatic carbocycles. The lowest BCUT2D eigenvalue weighted by Gasteiger charge is -2.33. The Morgan fingerprint density at radius 3 is 2.76 bits per heavy atom. The second kappa shape index (κ2) is 6.33. The molecule has 1 saturated carbocycles. The molecule has 2 fully saturated rings. The molecule has 1 aliphatic heterocycles. The molecule has 0 spiro atoms. The SMILES string of the molecule is O=C1CCC(C(=O)N(Cc2ccco2)C2CCCC2)CN1. The van der Waals surface area contributed by atoms with Gasteiger partial charge in [-0.15, -0.1) is 0 Å². The van der Waals surface area contributed by atoms with Gasteiger partial charge in [-0.3, -0.25) is 9.59 Å². The molecule has 1 saturated heterocycles. The van der Waals surface area contributed by atoms with Crippen LogP contribution in [0.2, 0.25) is 0 Å². The van der Waals surface area contributed by atoms with Crippen LogP contribution in [0.3, 0.4) is 0 Å². The number of piperidine rings is 1. The van der Waals surface area contributed by atoms with Gasteiger partial charge in [0.1, 0.15) is 5.76 Å². The molecule has 5 nitrogen and oxygen atoms in total. The summed E-state index contributed by atoms with van der Waals surface area (Å²) >= 11 is 0. The molecule has 1 N–H and O–H groups in total. The van der Waals surface area contributed by atoms with Crippen molar-refractivity contribution >= 4 is 11.8 Å². The molecule has 3 rings (SSSR count). The van der Waals surface area contributed by atoms with Crippen molar-refractivity contribution in [1.82, 2.24) is 10.2 Å². The fourth-order valence-electron chi connectivity index (χ4n) is 3.35. The zero-order valence-electron chi connectivity index (χ0n) is 12.2. The number of carbonyl (C=O) groups excluding carboxylic acids is 2. The number of nitrogens with one attached hydrogen (secondary N) is 1. The third-order valence-electron chi connectivity index (χ3n) is 4.57. The van der Waals surface area contributed by atoms with Gasteiger partial charge in [-0.25, -0.2) is 0 Å². The van der Waals surface area contributed by atoms with Gasteiger partial charge in [-0.05, 0) is 31.4 Å². The fourth-order valence-corrected chi connectivity index (χ4v) is 3.35. The summed E-state index contributed by atoms with van der Waals surface area (Å²) in [7, 11) is 0. The Labute approximate surface area is 124 Å². The molecule has 2 aliphatic rings. The molecule has 1 aromatic rings. The number of nitrogens with zero attached hydrogens (tertiary/aromatic N) is 1. The van der Waals surface area contributed by atoms with Crippen molar-refractivity contribution in [3.8, 4) is 0 Å². The lowest BCUT2D eigenvalue weighted by atomic mass is 9.96. The van der Waals surface area contributed by atoms with Crippen LogP contribution in [0.4, 0.5) is 0 Å². The number of amides is 2. The van der Waals surface area contributed by atoms with Gasteiger partial charge < -0.3 is 14.6 Å². The zero-order chi connectivity index (χ0) is 14.7. The normalized spacial score (nSPS) is 23.0. The van der Waals surface area contributed by atoms with Crippen molar-refractivity contribution in [3.63, 3.8) is 0 Å². The van der Waals surface area contributed by atoms with Gasteiger partial charge in [0, 0.05) is 19.0 Å². The highest BCUT2D eigenvalue weighted by Gasteiger charge is 2.33. The Bertz CT molecular complexity index is 482. The lowest BCUT2D eigenvalue weighted by Crippen LogP contribution is -2.47. The Morgan fingerprint density at radius 1 is 1.33 bits per heavy atom. The summed E-state index contributed by atoms with van der Waals surface area (Å²) in [5, 5.41) is 2.81.